The molecule has 1 unspecified atom stereocenters. The molecule has 0 bridgehead atoms. The number of para-hydroxylation sites is 1. The maximum absolute atomic E-state index is 11.3. The van der Waals surface area contributed by atoms with Crippen LogP contribution in [0, 0.1) is 15.5 Å². The molecule has 0 saturated carbocycles. The zero-order valence-electron chi connectivity index (χ0n) is 12.9. The van der Waals surface area contributed by atoms with E-state index in [1.807, 2.05) is 36.4 Å². The molecule has 0 saturated heterocycles. The van der Waals surface area contributed by atoms with Crippen LogP contribution in [0.3, 0.4) is 0 Å². The summed E-state index contributed by atoms with van der Waals surface area (Å²) in [6.07, 6.45) is 10.9. The molecule has 23 heavy (non-hydrogen) atoms. The van der Waals surface area contributed by atoms with Gasteiger partial charge in [0.15, 0.2) is 0 Å². The lowest BCUT2D eigenvalue weighted by Gasteiger charge is -2.31. The first-order valence-electron chi connectivity index (χ1n) is 7.79. The largest absolute Gasteiger partial charge is 0.272 e. The lowest BCUT2D eigenvalue weighted by molar-refractivity contribution is -0.385. The Morgan fingerprint density at radius 1 is 0.957 bits per heavy atom. The van der Waals surface area contributed by atoms with Gasteiger partial charge < -0.3 is 0 Å². The molecule has 116 valence electrons. The van der Waals surface area contributed by atoms with Gasteiger partial charge in [-0.3, -0.25) is 10.1 Å². The molecule has 3 heteroatoms. The predicted octanol–water partition coefficient (Wildman–Crippen LogP) is 4.88. The fourth-order valence-corrected chi connectivity index (χ4v) is 3.25. The van der Waals surface area contributed by atoms with Gasteiger partial charge >= 0.3 is 0 Å². The van der Waals surface area contributed by atoms with E-state index in [2.05, 4.69) is 30.4 Å². The first-order chi connectivity index (χ1) is 11.2. The summed E-state index contributed by atoms with van der Waals surface area (Å²) < 4.78 is 0. The van der Waals surface area contributed by atoms with Crippen molar-refractivity contribution >= 4 is 5.69 Å². The molecule has 0 fully saturated rings. The Bertz CT molecular complexity index is 749. The highest BCUT2D eigenvalue weighted by Gasteiger charge is 2.30. The van der Waals surface area contributed by atoms with Crippen molar-refractivity contribution in [3.05, 3.63) is 100 Å². The van der Waals surface area contributed by atoms with Crippen LogP contribution < -0.4 is 0 Å². The topological polar surface area (TPSA) is 43.1 Å². The number of benzene rings is 2. The fourth-order valence-electron chi connectivity index (χ4n) is 3.25. The van der Waals surface area contributed by atoms with Gasteiger partial charge in [0.2, 0.25) is 0 Å². The van der Waals surface area contributed by atoms with E-state index in [0.29, 0.717) is 6.42 Å². The van der Waals surface area contributed by atoms with Crippen molar-refractivity contribution in [2.45, 2.75) is 19.3 Å². The van der Waals surface area contributed by atoms with Crippen LogP contribution in [0.4, 0.5) is 5.69 Å². The zero-order valence-corrected chi connectivity index (χ0v) is 12.9. The minimum Gasteiger partial charge on any atom is -0.258 e. The van der Waals surface area contributed by atoms with Gasteiger partial charge in [0, 0.05) is 17.0 Å². The van der Waals surface area contributed by atoms with Crippen molar-refractivity contribution < 1.29 is 4.92 Å². The third kappa shape index (κ3) is 3.57. The maximum Gasteiger partial charge on any atom is 0.272 e. The standard InChI is InChI=1S/C20H19NO2/c22-21(23)19-12-6-5-11-18(19)16-20(13-7-2-8-14-20)15-17-9-3-1-4-10-17/h1-13H,14-16H2. The molecule has 2 aromatic rings. The van der Waals surface area contributed by atoms with Gasteiger partial charge in [0.05, 0.1) is 4.92 Å². The summed E-state index contributed by atoms with van der Waals surface area (Å²) in [6, 6.07) is 17.4. The van der Waals surface area contributed by atoms with Gasteiger partial charge in [-0.15, -0.1) is 0 Å². The summed E-state index contributed by atoms with van der Waals surface area (Å²) in [7, 11) is 0. The highest BCUT2D eigenvalue weighted by Crippen LogP contribution is 2.37. The van der Waals surface area contributed by atoms with Crippen molar-refractivity contribution in [2.75, 3.05) is 0 Å². The minimum absolute atomic E-state index is 0.109. The minimum atomic E-state index is -0.284. The number of nitrogens with zero attached hydrogens (tertiary/aromatic N) is 1. The Morgan fingerprint density at radius 3 is 2.39 bits per heavy atom. The Balaban J connectivity index is 1.93. The normalized spacial score (nSPS) is 19.7. The number of nitro groups is 1. The van der Waals surface area contributed by atoms with Crippen LogP contribution >= 0.6 is 0 Å². The van der Waals surface area contributed by atoms with Crippen LogP contribution in [0.25, 0.3) is 0 Å². The molecule has 1 atom stereocenters. The van der Waals surface area contributed by atoms with E-state index >= 15 is 0 Å². The van der Waals surface area contributed by atoms with Gasteiger partial charge in [-0.1, -0.05) is 72.8 Å². The SMILES string of the molecule is O=[N+]([O-])c1ccccc1CC1(Cc2ccccc2)C=CC=CC1. The van der Waals surface area contributed by atoms with Crippen LogP contribution in [0.5, 0.6) is 0 Å². The van der Waals surface area contributed by atoms with E-state index in [0.717, 1.165) is 18.4 Å². The van der Waals surface area contributed by atoms with Crippen molar-refractivity contribution in [2.24, 2.45) is 5.41 Å². The molecule has 0 radical (unpaired) electrons. The summed E-state index contributed by atoms with van der Waals surface area (Å²) in [5.74, 6) is 0. The molecule has 0 spiro atoms. The van der Waals surface area contributed by atoms with E-state index in [1.165, 1.54) is 5.56 Å². The van der Waals surface area contributed by atoms with Crippen molar-refractivity contribution in [3.63, 3.8) is 0 Å². The van der Waals surface area contributed by atoms with Gasteiger partial charge in [0.1, 0.15) is 0 Å². The number of nitro benzene ring substituents is 1. The molecular formula is C20H19NO2. The quantitative estimate of drug-likeness (QED) is 0.583. The van der Waals surface area contributed by atoms with Crippen LogP contribution in [-0.4, -0.2) is 4.92 Å². The molecule has 2 aromatic carbocycles. The van der Waals surface area contributed by atoms with Crippen molar-refractivity contribution in [1.82, 2.24) is 0 Å². The Hall–Kier alpha value is -2.68. The van der Waals surface area contributed by atoms with E-state index < -0.39 is 0 Å². The Labute approximate surface area is 136 Å². The second-order valence-electron chi connectivity index (χ2n) is 6.08. The Kier molecular flexibility index (Phi) is 4.38. The molecule has 0 aliphatic heterocycles. The summed E-state index contributed by atoms with van der Waals surface area (Å²) in [4.78, 5) is 11.0. The molecular weight excluding hydrogens is 286 g/mol. The maximum atomic E-state index is 11.3. The third-order valence-corrected chi connectivity index (χ3v) is 4.35. The average Bonchev–Trinajstić information content (AvgIpc) is 2.57. The molecule has 3 nitrogen and oxygen atoms in total. The molecule has 0 aromatic heterocycles. The molecule has 1 aliphatic rings. The van der Waals surface area contributed by atoms with Gasteiger partial charge in [-0.25, -0.2) is 0 Å². The smallest absolute Gasteiger partial charge is 0.258 e. The second kappa shape index (κ2) is 6.61. The van der Waals surface area contributed by atoms with Crippen LogP contribution in [0.1, 0.15) is 17.5 Å². The van der Waals surface area contributed by atoms with Crippen LogP contribution in [-0.2, 0) is 12.8 Å². The lowest BCUT2D eigenvalue weighted by atomic mass is 9.72. The average molecular weight is 305 g/mol. The summed E-state index contributed by atoms with van der Waals surface area (Å²) in [6.45, 7) is 0. The lowest BCUT2D eigenvalue weighted by Crippen LogP contribution is -2.25. The second-order valence-corrected chi connectivity index (χ2v) is 6.08. The molecule has 3 rings (SSSR count). The van der Waals surface area contributed by atoms with Gasteiger partial charge in [-0.2, -0.15) is 0 Å². The summed E-state index contributed by atoms with van der Waals surface area (Å²) >= 11 is 0. The van der Waals surface area contributed by atoms with E-state index in [-0.39, 0.29) is 16.0 Å². The fraction of sp³-hybridized carbons (Fsp3) is 0.200. The highest BCUT2D eigenvalue weighted by atomic mass is 16.6. The van der Waals surface area contributed by atoms with E-state index in [4.69, 9.17) is 0 Å². The van der Waals surface area contributed by atoms with Crippen LogP contribution in [0.15, 0.2) is 78.9 Å². The van der Waals surface area contributed by atoms with E-state index in [9.17, 15) is 10.1 Å². The zero-order chi connectivity index (χ0) is 16.1. The summed E-state index contributed by atoms with van der Waals surface area (Å²) in [5.41, 5.74) is 2.16. The Morgan fingerprint density at radius 2 is 1.70 bits per heavy atom. The molecule has 0 amide bonds. The summed E-state index contributed by atoms with van der Waals surface area (Å²) in [5, 5.41) is 11.3. The predicted molar refractivity (Wildman–Crippen MR) is 92.3 cm³/mol. The first-order valence-corrected chi connectivity index (χ1v) is 7.79. The number of rotatable bonds is 5. The van der Waals surface area contributed by atoms with Crippen LogP contribution in [0.2, 0.25) is 0 Å². The highest BCUT2D eigenvalue weighted by molar-refractivity contribution is 5.42. The van der Waals surface area contributed by atoms with Crippen molar-refractivity contribution in [1.29, 1.82) is 0 Å². The number of allylic oxidation sites excluding steroid dienone is 4. The van der Waals surface area contributed by atoms with E-state index in [1.54, 1.807) is 12.1 Å². The third-order valence-electron chi connectivity index (χ3n) is 4.35. The number of hydrogen-bond acceptors (Lipinski definition) is 2. The monoisotopic (exact) mass is 305 g/mol. The number of hydrogen-bond donors (Lipinski definition) is 0. The first kappa shape index (κ1) is 15.2. The molecule has 1 aliphatic carbocycles. The van der Waals surface area contributed by atoms with Gasteiger partial charge in [-0.05, 0) is 24.8 Å². The van der Waals surface area contributed by atoms with Crippen molar-refractivity contribution in [3.8, 4) is 0 Å². The van der Waals surface area contributed by atoms with Gasteiger partial charge in [0.25, 0.3) is 5.69 Å². The molecule has 0 heterocycles. The molecule has 0 N–H and O–H groups in total.